The van der Waals surface area contributed by atoms with Crippen LogP contribution in [0.3, 0.4) is 0 Å². The van der Waals surface area contributed by atoms with Crippen LogP contribution in [-0.4, -0.2) is 51.7 Å². The van der Waals surface area contributed by atoms with Crippen molar-refractivity contribution in [1.29, 1.82) is 0 Å². The molecule has 1 saturated heterocycles. The number of aromatic nitrogens is 3. The van der Waals surface area contributed by atoms with Crippen molar-refractivity contribution in [2.75, 3.05) is 18.4 Å². The molecule has 0 radical (unpaired) electrons. The highest BCUT2D eigenvalue weighted by Crippen LogP contribution is 2.36. The number of pyridine rings is 2. The van der Waals surface area contributed by atoms with Gasteiger partial charge in [0.2, 0.25) is 10.0 Å². The van der Waals surface area contributed by atoms with E-state index >= 15 is 0 Å². The van der Waals surface area contributed by atoms with Gasteiger partial charge >= 0.3 is 5.51 Å². The molecule has 188 valence electrons. The molecule has 0 bridgehead atoms. The molecule has 1 N–H and O–H groups in total. The zero-order chi connectivity index (χ0) is 25.3. The predicted octanol–water partition coefficient (Wildman–Crippen LogP) is 5.27. The van der Waals surface area contributed by atoms with E-state index in [0.29, 0.717) is 31.7 Å². The molecule has 1 aliphatic rings. The van der Waals surface area contributed by atoms with Gasteiger partial charge in [0.05, 0.1) is 4.90 Å². The summed E-state index contributed by atoms with van der Waals surface area (Å²) in [6.45, 7) is 0.669. The highest BCUT2D eigenvalue weighted by atomic mass is 32.2. The van der Waals surface area contributed by atoms with Crippen molar-refractivity contribution in [2.24, 2.45) is 0 Å². The monoisotopic (exact) mass is 533 g/mol. The van der Waals surface area contributed by atoms with E-state index in [2.05, 4.69) is 15.3 Å². The van der Waals surface area contributed by atoms with Gasteiger partial charge in [0, 0.05) is 48.8 Å². The quantitative estimate of drug-likeness (QED) is 0.340. The number of imidazole rings is 1. The lowest BCUT2D eigenvalue weighted by molar-refractivity contribution is -0.0328. The van der Waals surface area contributed by atoms with Crippen LogP contribution >= 0.6 is 11.8 Å². The van der Waals surface area contributed by atoms with E-state index in [4.69, 9.17) is 0 Å². The first-order valence-electron chi connectivity index (χ1n) is 11.2. The molecule has 4 aromatic rings. The van der Waals surface area contributed by atoms with E-state index in [-0.39, 0.29) is 27.6 Å². The van der Waals surface area contributed by atoms with E-state index < -0.39 is 15.5 Å². The SMILES string of the molecule is O=S(=O)(c1ccc(-c2ccc3nccn3c2)cc1)N1CCC(Nc2ccc(SC(F)(F)F)cn2)CC1. The zero-order valence-electron chi connectivity index (χ0n) is 18.9. The van der Waals surface area contributed by atoms with Gasteiger partial charge in [-0.3, -0.25) is 0 Å². The summed E-state index contributed by atoms with van der Waals surface area (Å²) in [6, 6.07) is 13.5. The predicted molar refractivity (Wildman–Crippen MR) is 132 cm³/mol. The molecule has 0 saturated carbocycles. The minimum atomic E-state index is -4.36. The largest absolute Gasteiger partial charge is 0.446 e. The first-order valence-corrected chi connectivity index (χ1v) is 13.4. The van der Waals surface area contributed by atoms with Crippen LogP contribution in [0.25, 0.3) is 16.8 Å². The number of fused-ring (bicyclic) bond motifs is 1. The lowest BCUT2D eigenvalue weighted by Gasteiger charge is -2.32. The number of benzene rings is 1. The molecule has 1 fully saturated rings. The fraction of sp³-hybridized carbons (Fsp3) is 0.250. The molecule has 5 rings (SSSR count). The number of piperidine rings is 1. The van der Waals surface area contributed by atoms with E-state index in [1.807, 2.05) is 28.9 Å². The third-order valence-electron chi connectivity index (χ3n) is 5.99. The Balaban J connectivity index is 1.19. The van der Waals surface area contributed by atoms with Crippen molar-refractivity contribution in [3.05, 3.63) is 73.3 Å². The number of sulfonamides is 1. The van der Waals surface area contributed by atoms with Gasteiger partial charge in [-0.1, -0.05) is 12.1 Å². The maximum atomic E-state index is 13.2. The summed E-state index contributed by atoms with van der Waals surface area (Å²) < 4.78 is 67.1. The minimum absolute atomic E-state index is 0.0160. The molecule has 0 atom stereocenters. The van der Waals surface area contributed by atoms with Gasteiger partial charge in [-0.05, 0) is 72.1 Å². The molecule has 3 aromatic heterocycles. The van der Waals surface area contributed by atoms with E-state index in [1.54, 1.807) is 30.5 Å². The lowest BCUT2D eigenvalue weighted by Crippen LogP contribution is -2.42. The van der Waals surface area contributed by atoms with Crippen LogP contribution in [0.5, 0.6) is 0 Å². The van der Waals surface area contributed by atoms with Crippen LogP contribution in [0.4, 0.5) is 19.0 Å². The second-order valence-electron chi connectivity index (χ2n) is 8.38. The van der Waals surface area contributed by atoms with Crippen molar-refractivity contribution in [1.82, 2.24) is 18.7 Å². The number of thioether (sulfide) groups is 1. The summed E-state index contributed by atoms with van der Waals surface area (Å²) >= 11 is -0.211. The molecule has 0 aliphatic carbocycles. The third kappa shape index (κ3) is 5.50. The number of hydrogen-bond donors (Lipinski definition) is 1. The number of hydrogen-bond acceptors (Lipinski definition) is 6. The fourth-order valence-electron chi connectivity index (χ4n) is 4.17. The van der Waals surface area contributed by atoms with Crippen molar-refractivity contribution < 1.29 is 21.6 Å². The van der Waals surface area contributed by atoms with Gasteiger partial charge in [0.1, 0.15) is 11.5 Å². The van der Waals surface area contributed by atoms with Crippen LogP contribution in [-0.2, 0) is 10.0 Å². The second-order valence-corrected chi connectivity index (χ2v) is 11.5. The molecular formula is C24H22F3N5O2S2. The zero-order valence-corrected chi connectivity index (χ0v) is 20.5. The minimum Gasteiger partial charge on any atom is -0.367 e. The topological polar surface area (TPSA) is 79.6 Å². The Bertz CT molecular complexity index is 1450. The lowest BCUT2D eigenvalue weighted by atomic mass is 10.1. The van der Waals surface area contributed by atoms with E-state index in [1.165, 1.54) is 22.6 Å². The third-order valence-corrected chi connectivity index (χ3v) is 8.61. The number of anilines is 1. The van der Waals surface area contributed by atoms with Gasteiger partial charge in [-0.15, -0.1) is 0 Å². The number of halogens is 3. The van der Waals surface area contributed by atoms with Gasteiger partial charge in [0.15, 0.2) is 0 Å². The van der Waals surface area contributed by atoms with Crippen molar-refractivity contribution in [2.45, 2.75) is 34.2 Å². The fourth-order valence-corrected chi connectivity index (χ4v) is 6.15. The van der Waals surface area contributed by atoms with Crippen molar-refractivity contribution in [3.8, 4) is 11.1 Å². The molecule has 7 nitrogen and oxygen atoms in total. The van der Waals surface area contributed by atoms with E-state index in [0.717, 1.165) is 16.8 Å². The van der Waals surface area contributed by atoms with E-state index in [9.17, 15) is 21.6 Å². The smallest absolute Gasteiger partial charge is 0.367 e. The van der Waals surface area contributed by atoms with Gasteiger partial charge in [-0.25, -0.2) is 18.4 Å². The molecule has 36 heavy (non-hydrogen) atoms. The van der Waals surface area contributed by atoms with Crippen LogP contribution in [0, 0.1) is 0 Å². The molecule has 12 heteroatoms. The first kappa shape index (κ1) is 24.6. The summed E-state index contributed by atoms with van der Waals surface area (Å²) in [7, 11) is -3.64. The highest BCUT2D eigenvalue weighted by Gasteiger charge is 2.30. The average Bonchev–Trinajstić information content (AvgIpc) is 3.33. The molecule has 1 aliphatic heterocycles. The molecule has 4 heterocycles. The Labute approximate surface area is 210 Å². The molecule has 0 spiro atoms. The standard InChI is InChI=1S/C24H22F3N5O2S2/c25-24(26,27)35-20-4-7-22(29-15-20)30-19-9-12-32(13-10-19)36(33,34)21-5-1-17(2-6-21)18-3-8-23-28-11-14-31(23)16-18/h1-8,11,14-16,19H,9-10,12-13H2,(H,29,30). The molecule has 0 amide bonds. The summed E-state index contributed by atoms with van der Waals surface area (Å²) in [5.41, 5.74) is -1.66. The maximum Gasteiger partial charge on any atom is 0.446 e. The number of nitrogens with one attached hydrogen (secondary N) is 1. The maximum absolute atomic E-state index is 13.2. The van der Waals surface area contributed by atoms with Crippen LogP contribution in [0.2, 0.25) is 0 Å². The van der Waals surface area contributed by atoms with Gasteiger partial charge in [-0.2, -0.15) is 17.5 Å². The van der Waals surface area contributed by atoms with Crippen LogP contribution in [0.15, 0.2) is 83.1 Å². The second kappa shape index (κ2) is 9.75. The Hall–Kier alpha value is -3.09. The average molecular weight is 534 g/mol. The Morgan fingerprint density at radius 2 is 1.67 bits per heavy atom. The van der Waals surface area contributed by atoms with Crippen molar-refractivity contribution in [3.63, 3.8) is 0 Å². The van der Waals surface area contributed by atoms with Crippen LogP contribution in [0.1, 0.15) is 12.8 Å². The number of nitrogens with zero attached hydrogens (tertiary/aromatic N) is 4. The molecule has 1 aromatic carbocycles. The Morgan fingerprint density at radius 3 is 2.33 bits per heavy atom. The normalized spacial score (nSPS) is 15.9. The Morgan fingerprint density at radius 1 is 0.944 bits per heavy atom. The summed E-state index contributed by atoms with van der Waals surface area (Å²) in [5.74, 6) is 0.465. The number of alkyl halides is 3. The molecule has 0 unspecified atom stereocenters. The van der Waals surface area contributed by atoms with Gasteiger partial charge in [0.25, 0.3) is 0 Å². The summed E-state index contributed by atoms with van der Waals surface area (Å²) in [5, 5.41) is 3.19. The first-order chi connectivity index (χ1) is 17.2. The Kier molecular flexibility index (Phi) is 6.66. The van der Waals surface area contributed by atoms with Crippen molar-refractivity contribution >= 4 is 33.3 Å². The van der Waals surface area contributed by atoms with Gasteiger partial charge < -0.3 is 9.72 Å². The summed E-state index contributed by atoms with van der Waals surface area (Å²) in [6.07, 6.45) is 7.82. The van der Waals surface area contributed by atoms with Crippen LogP contribution < -0.4 is 5.32 Å². The number of rotatable bonds is 6. The summed E-state index contributed by atoms with van der Waals surface area (Å²) in [4.78, 5) is 8.53. The highest BCUT2D eigenvalue weighted by molar-refractivity contribution is 8.00. The molecular weight excluding hydrogens is 511 g/mol.